The molecule has 0 aliphatic rings. The largest absolute Gasteiger partial charge is 0.399 e. The summed E-state index contributed by atoms with van der Waals surface area (Å²) in [6.45, 7) is 0. The molecule has 1 rings (SSSR count). The highest BCUT2D eigenvalue weighted by Crippen LogP contribution is 2.70. The van der Waals surface area contributed by atoms with Crippen molar-refractivity contribution in [3.8, 4) is 0 Å². The van der Waals surface area contributed by atoms with Crippen LogP contribution in [0.4, 0.5) is 5.69 Å². The van der Waals surface area contributed by atoms with Crippen LogP contribution in [-0.4, -0.2) is 33.8 Å². The van der Waals surface area contributed by atoms with Gasteiger partial charge in [-0.1, -0.05) is 12.1 Å². The molecule has 9 heteroatoms. The topological polar surface area (TPSA) is 97.1 Å². The normalized spacial score (nSPS) is 12.8. The molecule has 0 heterocycles. The van der Waals surface area contributed by atoms with Gasteiger partial charge in [-0.15, -0.1) is 0 Å². The van der Waals surface area contributed by atoms with Gasteiger partial charge in [0.25, 0.3) is 0 Å². The first-order valence-corrected chi connectivity index (χ1v) is 9.34. The van der Waals surface area contributed by atoms with E-state index in [-0.39, 0.29) is 6.42 Å². The summed E-state index contributed by atoms with van der Waals surface area (Å²) < 4.78 is 45.3. The highest BCUT2D eigenvalue weighted by Gasteiger charge is 2.49. The molecule has 7 nitrogen and oxygen atoms in total. The van der Waals surface area contributed by atoms with Gasteiger partial charge in [0.1, 0.15) is 0 Å². The van der Waals surface area contributed by atoms with Crippen LogP contribution >= 0.6 is 15.2 Å². The van der Waals surface area contributed by atoms with Crippen molar-refractivity contribution < 1.29 is 27.2 Å². The predicted octanol–water partition coefficient (Wildman–Crippen LogP) is 3.11. The van der Waals surface area contributed by atoms with Gasteiger partial charge in [-0.05, 0) is 24.1 Å². The molecule has 0 saturated carbocycles. The number of hydrogen-bond acceptors (Lipinski definition) is 7. The zero-order chi connectivity index (χ0) is 16.1. The smallest absolute Gasteiger partial charge is 0.345 e. The molecule has 0 fully saturated rings. The number of nitrogens with two attached hydrogens (primary N) is 1. The van der Waals surface area contributed by atoms with Crippen LogP contribution in [0.25, 0.3) is 0 Å². The molecule has 0 aromatic heterocycles. The van der Waals surface area contributed by atoms with Crippen LogP contribution in [0, 0.1) is 0 Å². The Morgan fingerprint density at radius 3 is 1.62 bits per heavy atom. The second-order valence-electron chi connectivity index (χ2n) is 4.24. The summed E-state index contributed by atoms with van der Waals surface area (Å²) >= 11 is 0. The molecular weight excluding hydrogens is 316 g/mol. The highest BCUT2D eigenvalue weighted by atomic mass is 31.2. The molecule has 0 aliphatic carbocycles. The second-order valence-corrected chi connectivity index (χ2v) is 9.51. The number of rotatable bonds is 8. The van der Waals surface area contributed by atoms with Crippen molar-refractivity contribution in [2.75, 3.05) is 34.2 Å². The van der Waals surface area contributed by atoms with Crippen LogP contribution < -0.4 is 5.73 Å². The van der Waals surface area contributed by atoms with Crippen LogP contribution in [0.1, 0.15) is 5.56 Å². The SMILES string of the molecule is COP(=O)(OC)C(Cc1ccc(N)cc1)P(=O)(OC)OC. The molecule has 0 atom stereocenters. The van der Waals surface area contributed by atoms with Gasteiger partial charge in [0, 0.05) is 34.1 Å². The predicted molar refractivity (Wildman–Crippen MR) is 81.6 cm³/mol. The minimum absolute atomic E-state index is 0.137. The number of benzene rings is 1. The first-order chi connectivity index (χ1) is 9.85. The Morgan fingerprint density at radius 2 is 1.29 bits per heavy atom. The number of anilines is 1. The van der Waals surface area contributed by atoms with E-state index < -0.39 is 20.6 Å². The maximum atomic E-state index is 12.7. The Balaban J connectivity index is 3.22. The van der Waals surface area contributed by atoms with Crippen LogP contribution in [0.15, 0.2) is 24.3 Å². The van der Waals surface area contributed by atoms with Crippen LogP contribution in [-0.2, 0) is 33.6 Å². The van der Waals surface area contributed by atoms with Crippen molar-refractivity contribution >= 4 is 20.9 Å². The molecule has 1 aromatic carbocycles. The average Bonchev–Trinajstić information content (AvgIpc) is 2.52. The molecule has 2 N–H and O–H groups in total. The fourth-order valence-electron chi connectivity index (χ4n) is 1.90. The Morgan fingerprint density at radius 1 is 0.905 bits per heavy atom. The second kappa shape index (κ2) is 7.54. The maximum Gasteiger partial charge on any atom is 0.345 e. The van der Waals surface area contributed by atoms with E-state index in [2.05, 4.69) is 0 Å². The van der Waals surface area contributed by atoms with E-state index in [4.69, 9.17) is 23.8 Å². The van der Waals surface area contributed by atoms with E-state index >= 15 is 0 Å². The van der Waals surface area contributed by atoms with Gasteiger partial charge in [-0.3, -0.25) is 9.13 Å². The Bertz CT molecular complexity index is 505. The lowest BCUT2D eigenvalue weighted by Crippen LogP contribution is -2.17. The third kappa shape index (κ3) is 4.16. The Kier molecular flexibility index (Phi) is 6.60. The molecule has 0 spiro atoms. The summed E-state index contributed by atoms with van der Waals surface area (Å²) in [4.78, 5) is 0. The molecule has 0 unspecified atom stereocenters. The van der Waals surface area contributed by atoms with Crippen LogP contribution in [0.5, 0.6) is 0 Å². The molecular formula is C12H21NO6P2. The van der Waals surface area contributed by atoms with Gasteiger partial charge in [0.05, 0.1) is 0 Å². The molecule has 1 aromatic rings. The lowest BCUT2D eigenvalue weighted by atomic mass is 10.1. The van der Waals surface area contributed by atoms with Crippen molar-refractivity contribution in [2.45, 2.75) is 11.8 Å². The molecule has 120 valence electrons. The van der Waals surface area contributed by atoms with Gasteiger partial charge in [-0.25, -0.2) is 0 Å². The van der Waals surface area contributed by atoms with Crippen molar-refractivity contribution in [2.24, 2.45) is 0 Å². The lowest BCUT2D eigenvalue weighted by Gasteiger charge is -2.28. The summed E-state index contributed by atoms with van der Waals surface area (Å²) in [5.41, 5.74) is 6.98. The van der Waals surface area contributed by atoms with Crippen molar-refractivity contribution in [1.29, 1.82) is 0 Å². The minimum atomic E-state index is -3.67. The zero-order valence-corrected chi connectivity index (χ0v) is 14.3. The standard InChI is InChI=1S/C12H21NO6P2/c1-16-20(14,17-2)12(21(15,18-3)19-4)9-10-5-7-11(13)8-6-10/h5-8,12H,9,13H2,1-4H3. The van der Waals surface area contributed by atoms with Crippen LogP contribution in [0.2, 0.25) is 0 Å². The summed E-state index contributed by atoms with van der Waals surface area (Å²) in [6, 6.07) is 6.88. The quantitative estimate of drug-likeness (QED) is 0.575. The third-order valence-corrected chi connectivity index (χ3v) is 8.70. The summed E-state index contributed by atoms with van der Waals surface area (Å²) in [5, 5.41) is -1.07. The van der Waals surface area contributed by atoms with Gasteiger partial charge >= 0.3 is 15.2 Å². The van der Waals surface area contributed by atoms with Gasteiger partial charge in [0.2, 0.25) is 0 Å². The summed E-state index contributed by atoms with van der Waals surface area (Å²) in [5.74, 6) is 0. The van der Waals surface area contributed by atoms with E-state index in [1.54, 1.807) is 24.3 Å². The molecule has 0 amide bonds. The monoisotopic (exact) mass is 337 g/mol. The lowest BCUT2D eigenvalue weighted by molar-refractivity contribution is 0.246. The Labute approximate surface area is 124 Å². The average molecular weight is 337 g/mol. The van der Waals surface area contributed by atoms with Crippen molar-refractivity contribution in [1.82, 2.24) is 0 Å². The third-order valence-electron chi connectivity index (χ3n) is 3.15. The van der Waals surface area contributed by atoms with Crippen molar-refractivity contribution in [3.05, 3.63) is 29.8 Å². The summed E-state index contributed by atoms with van der Waals surface area (Å²) in [6.07, 6.45) is 0.137. The molecule has 0 radical (unpaired) electrons. The maximum absolute atomic E-state index is 12.7. The first-order valence-electron chi connectivity index (χ1n) is 6.12. The van der Waals surface area contributed by atoms with Gasteiger partial charge in [0.15, 0.2) is 5.40 Å². The zero-order valence-electron chi connectivity index (χ0n) is 12.5. The van der Waals surface area contributed by atoms with E-state index in [1.807, 2.05) is 0 Å². The van der Waals surface area contributed by atoms with Gasteiger partial charge in [-0.2, -0.15) is 0 Å². The number of hydrogen-bond donors (Lipinski definition) is 1. The molecule has 0 saturated heterocycles. The van der Waals surface area contributed by atoms with E-state index in [9.17, 15) is 9.13 Å². The highest BCUT2D eigenvalue weighted by molar-refractivity contribution is 7.72. The van der Waals surface area contributed by atoms with Crippen molar-refractivity contribution in [3.63, 3.8) is 0 Å². The summed E-state index contributed by atoms with van der Waals surface area (Å²) in [7, 11) is -2.41. The Hall–Kier alpha value is -0.680. The number of nitrogen functional groups attached to an aromatic ring is 1. The minimum Gasteiger partial charge on any atom is -0.399 e. The van der Waals surface area contributed by atoms with E-state index in [1.165, 1.54) is 28.4 Å². The fourth-order valence-corrected chi connectivity index (χ4v) is 6.55. The molecule has 0 aliphatic heterocycles. The molecule has 0 bridgehead atoms. The fraction of sp³-hybridized carbons (Fsp3) is 0.500. The van der Waals surface area contributed by atoms with E-state index in [0.29, 0.717) is 5.69 Å². The van der Waals surface area contributed by atoms with E-state index in [0.717, 1.165) is 5.56 Å². The first kappa shape index (κ1) is 18.4. The van der Waals surface area contributed by atoms with Crippen LogP contribution in [0.3, 0.4) is 0 Å². The van der Waals surface area contributed by atoms with Gasteiger partial charge < -0.3 is 23.8 Å². The molecule has 21 heavy (non-hydrogen) atoms.